The van der Waals surface area contributed by atoms with E-state index in [1.807, 2.05) is 13.8 Å². The van der Waals surface area contributed by atoms with Crippen molar-refractivity contribution in [2.45, 2.75) is 19.9 Å². The number of nitrogens with one attached hydrogen (secondary N) is 1. The maximum atomic E-state index is 5.16. The minimum absolute atomic E-state index is 0.337. The molecule has 0 aliphatic carbocycles. The number of nitrogens with zero attached hydrogens (tertiary/aromatic N) is 1. The molecule has 0 rings (SSSR count). The molecule has 58 valence electrons. The van der Waals surface area contributed by atoms with Gasteiger partial charge in [0.1, 0.15) is 0 Å². The molecular formula is C5H14BN2OP. The summed E-state index contributed by atoms with van der Waals surface area (Å²) < 4.78 is 8.87. The summed E-state index contributed by atoms with van der Waals surface area (Å²) in [6.07, 6.45) is 0. The molecule has 0 aliphatic heterocycles. The van der Waals surface area contributed by atoms with Crippen molar-refractivity contribution in [2.24, 2.45) is 4.67 Å². The van der Waals surface area contributed by atoms with Gasteiger partial charge in [0.15, 0.2) is 0 Å². The summed E-state index contributed by atoms with van der Waals surface area (Å²) in [5, 5.41) is 3.03. The van der Waals surface area contributed by atoms with Crippen molar-refractivity contribution in [2.75, 3.05) is 13.2 Å². The molecule has 0 heterocycles. The second-order valence-electron chi connectivity index (χ2n) is 2.01. The minimum atomic E-state index is 0.337. The van der Waals surface area contributed by atoms with E-state index in [1.165, 1.54) is 0 Å². The van der Waals surface area contributed by atoms with Crippen LogP contribution in [-0.2, 0) is 4.74 Å². The molecule has 0 fully saturated rings. The van der Waals surface area contributed by atoms with E-state index in [-0.39, 0.29) is 0 Å². The van der Waals surface area contributed by atoms with Gasteiger partial charge in [0.05, 0.1) is 0 Å². The van der Waals surface area contributed by atoms with E-state index in [9.17, 15) is 0 Å². The Morgan fingerprint density at radius 3 is 3.00 bits per heavy atom. The van der Waals surface area contributed by atoms with Crippen LogP contribution in [0.2, 0.25) is 0 Å². The van der Waals surface area contributed by atoms with Crippen LogP contribution >= 0.6 is 9.39 Å². The molecule has 2 unspecified atom stereocenters. The Morgan fingerprint density at radius 1 is 1.80 bits per heavy atom. The fourth-order valence-electron chi connectivity index (χ4n) is 0.513. The van der Waals surface area contributed by atoms with Crippen molar-refractivity contribution in [1.82, 2.24) is 5.23 Å². The van der Waals surface area contributed by atoms with Crippen molar-refractivity contribution in [3.8, 4) is 0 Å². The van der Waals surface area contributed by atoms with Crippen LogP contribution in [0.3, 0.4) is 0 Å². The summed E-state index contributed by atoms with van der Waals surface area (Å²) >= 11 is 0. The fraction of sp³-hybridized carbons (Fsp3) is 1.00. The molecule has 0 amide bonds. The predicted molar refractivity (Wildman–Crippen MR) is 47.0 cm³/mol. The zero-order valence-electron chi connectivity index (χ0n) is 6.50. The average Bonchev–Trinajstić information content (AvgIpc) is 1.97. The zero-order chi connectivity index (χ0) is 7.82. The SMILES string of the molecule is CCOCC(C)N/B=N/P. The Balaban J connectivity index is 3.16. The third-order valence-electron chi connectivity index (χ3n) is 1.01. The van der Waals surface area contributed by atoms with Gasteiger partial charge in [-0.05, 0) is 0 Å². The molecule has 0 saturated carbocycles. The number of rotatable bonds is 5. The standard InChI is InChI=1S/C5H14BN2OP/c1-3-9-4-5(2)7-6-8-10/h5,7H,3-4,10H2,1-2H3. The van der Waals surface area contributed by atoms with Crippen molar-refractivity contribution in [3.63, 3.8) is 0 Å². The molecule has 2 atom stereocenters. The van der Waals surface area contributed by atoms with Gasteiger partial charge in [0.2, 0.25) is 0 Å². The van der Waals surface area contributed by atoms with Crippen LogP contribution in [0.4, 0.5) is 0 Å². The molecule has 0 radical (unpaired) electrons. The summed E-state index contributed by atoms with van der Waals surface area (Å²) in [6, 6.07) is 0.337. The number of ether oxygens (including phenoxy) is 1. The first-order valence-corrected chi connectivity index (χ1v) is 3.88. The topological polar surface area (TPSA) is 33.6 Å². The molecule has 0 aromatic carbocycles. The molecule has 0 aromatic heterocycles. The van der Waals surface area contributed by atoms with E-state index >= 15 is 0 Å². The van der Waals surface area contributed by atoms with Crippen LogP contribution in [-0.4, -0.2) is 26.5 Å². The van der Waals surface area contributed by atoms with Gasteiger partial charge in [-0.3, -0.25) is 0 Å². The predicted octanol–water partition coefficient (Wildman–Crippen LogP) is 0.594. The molecule has 0 saturated heterocycles. The van der Waals surface area contributed by atoms with Gasteiger partial charge in [-0.1, -0.05) is 0 Å². The normalized spacial score (nSPS) is 13.1. The Morgan fingerprint density at radius 2 is 2.50 bits per heavy atom. The van der Waals surface area contributed by atoms with E-state index < -0.39 is 0 Å². The molecule has 5 heteroatoms. The van der Waals surface area contributed by atoms with Gasteiger partial charge in [-0.15, -0.1) is 0 Å². The van der Waals surface area contributed by atoms with Gasteiger partial charge in [-0.2, -0.15) is 0 Å². The van der Waals surface area contributed by atoms with Crippen molar-refractivity contribution >= 4 is 16.6 Å². The third-order valence-corrected chi connectivity index (χ3v) is 1.15. The van der Waals surface area contributed by atoms with Gasteiger partial charge in [0.25, 0.3) is 0 Å². The second kappa shape index (κ2) is 7.17. The maximum absolute atomic E-state index is 5.16. The first kappa shape index (κ1) is 10.1. The van der Waals surface area contributed by atoms with Crippen LogP contribution < -0.4 is 5.23 Å². The molecule has 3 nitrogen and oxygen atoms in total. The van der Waals surface area contributed by atoms with Crippen LogP contribution in [0.15, 0.2) is 4.67 Å². The Bertz CT molecular complexity index is 102. The average molecular weight is 160 g/mol. The van der Waals surface area contributed by atoms with Gasteiger partial charge < -0.3 is 0 Å². The van der Waals surface area contributed by atoms with Crippen molar-refractivity contribution < 1.29 is 4.74 Å². The Labute approximate surface area is 65.2 Å². The summed E-state index contributed by atoms with van der Waals surface area (Å²) in [5.74, 6) is 0. The summed E-state index contributed by atoms with van der Waals surface area (Å²) in [4.78, 5) is 0. The van der Waals surface area contributed by atoms with Crippen molar-refractivity contribution in [3.05, 3.63) is 0 Å². The van der Waals surface area contributed by atoms with Gasteiger partial charge in [-0.25, -0.2) is 0 Å². The zero-order valence-corrected chi connectivity index (χ0v) is 7.66. The molecule has 0 aliphatic rings. The molecular weight excluding hydrogens is 146 g/mol. The summed E-state index contributed by atoms with van der Waals surface area (Å²) in [6.45, 7) is 5.52. The monoisotopic (exact) mass is 160 g/mol. The van der Waals surface area contributed by atoms with E-state index in [0.29, 0.717) is 6.04 Å². The number of hydrogen-bond acceptors (Lipinski definition) is 2. The molecule has 0 spiro atoms. The van der Waals surface area contributed by atoms with E-state index in [1.54, 1.807) is 7.21 Å². The van der Waals surface area contributed by atoms with Crippen LogP contribution in [0.25, 0.3) is 0 Å². The molecule has 1 N–H and O–H groups in total. The molecule has 0 aromatic rings. The second-order valence-corrected chi connectivity index (χ2v) is 2.30. The van der Waals surface area contributed by atoms with Gasteiger partial charge in [0, 0.05) is 0 Å². The van der Waals surface area contributed by atoms with E-state index in [4.69, 9.17) is 4.74 Å². The fourth-order valence-corrected chi connectivity index (χ4v) is 0.599. The van der Waals surface area contributed by atoms with E-state index in [2.05, 4.69) is 19.3 Å². The molecule has 10 heavy (non-hydrogen) atoms. The quantitative estimate of drug-likeness (QED) is 0.471. The van der Waals surface area contributed by atoms with Crippen molar-refractivity contribution in [1.29, 1.82) is 0 Å². The van der Waals surface area contributed by atoms with E-state index in [0.717, 1.165) is 13.2 Å². The summed E-state index contributed by atoms with van der Waals surface area (Å²) in [7, 11) is 3.91. The summed E-state index contributed by atoms with van der Waals surface area (Å²) in [5.41, 5.74) is 0. The number of hydrogen-bond donors (Lipinski definition) is 1. The van der Waals surface area contributed by atoms with Crippen LogP contribution in [0, 0.1) is 0 Å². The van der Waals surface area contributed by atoms with Crippen LogP contribution in [0.1, 0.15) is 13.8 Å². The Kier molecular flexibility index (Phi) is 7.20. The first-order chi connectivity index (χ1) is 4.81. The Hall–Kier alpha value is 0.0549. The van der Waals surface area contributed by atoms with Gasteiger partial charge >= 0.3 is 64.3 Å². The van der Waals surface area contributed by atoms with Crippen LogP contribution in [0.5, 0.6) is 0 Å². The third kappa shape index (κ3) is 6.18. The molecule has 0 bridgehead atoms. The first-order valence-electron chi connectivity index (χ1n) is 3.36.